The van der Waals surface area contributed by atoms with Crippen LogP contribution in [-0.4, -0.2) is 66.3 Å². The van der Waals surface area contributed by atoms with Crippen molar-refractivity contribution in [2.75, 3.05) is 32.1 Å². The van der Waals surface area contributed by atoms with Crippen molar-refractivity contribution >= 4 is 12.0 Å². The van der Waals surface area contributed by atoms with E-state index >= 15 is 0 Å². The zero-order chi connectivity index (χ0) is 28.9. The highest BCUT2D eigenvalue weighted by molar-refractivity contribution is 5.58. The Balaban J connectivity index is 0.000000694. The minimum absolute atomic E-state index is 0.0453. The summed E-state index contributed by atoms with van der Waals surface area (Å²) in [5.41, 5.74) is 9.84. The van der Waals surface area contributed by atoms with Crippen LogP contribution in [0.2, 0.25) is 0 Å². The van der Waals surface area contributed by atoms with E-state index in [2.05, 4.69) is 30.1 Å². The maximum Gasteiger partial charge on any atom is 0.133 e. The Hall–Kier alpha value is -2.19. The predicted octanol–water partition coefficient (Wildman–Crippen LogP) is 5.46. The molecule has 0 bridgehead atoms. The summed E-state index contributed by atoms with van der Waals surface area (Å²) in [6, 6.07) is 6.19. The summed E-state index contributed by atoms with van der Waals surface area (Å²) >= 11 is 0. The van der Waals surface area contributed by atoms with Gasteiger partial charge in [0.1, 0.15) is 12.0 Å². The average molecular weight is 534 g/mol. The van der Waals surface area contributed by atoms with Gasteiger partial charge in [0.05, 0.1) is 26.4 Å². The molecule has 2 rings (SSSR count). The largest absolute Gasteiger partial charge is 0.496 e. The third-order valence-electron chi connectivity index (χ3n) is 6.53. The normalized spacial score (nSPS) is 16.4. The second-order valence-corrected chi connectivity index (χ2v) is 9.61. The molecule has 1 aliphatic rings. The number of hydrogen-bond donors (Lipinski definition) is 4. The molecule has 7 nitrogen and oxygen atoms in total. The van der Waals surface area contributed by atoms with E-state index in [0.717, 1.165) is 61.9 Å². The smallest absolute Gasteiger partial charge is 0.133 e. The second-order valence-electron chi connectivity index (χ2n) is 9.61. The van der Waals surface area contributed by atoms with Crippen LogP contribution in [0.4, 0.5) is 5.69 Å². The zero-order valence-electron chi connectivity index (χ0n) is 25.0. The number of piperidine rings is 1. The van der Waals surface area contributed by atoms with Crippen molar-refractivity contribution in [2.45, 2.75) is 105 Å². The molecule has 2 unspecified atom stereocenters. The van der Waals surface area contributed by atoms with Gasteiger partial charge >= 0.3 is 0 Å². The number of unbranched alkanes of at least 4 members (excludes halogenated alkanes) is 1. The number of nitrogens with one attached hydrogen (secondary N) is 1. The van der Waals surface area contributed by atoms with Gasteiger partial charge in [-0.2, -0.15) is 0 Å². The lowest BCUT2D eigenvalue weighted by atomic mass is 9.97. The number of carbonyl (C=O) groups excluding carboxylic acids is 1. The number of likely N-dealkylation sites (tertiary alicyclic amines) is 1. The lowest BCUT2D eigenvalue weighted by molar-refractivity contribution is -0.109. The molecule has 1 aromatic rings. The van der Waals surface area contributed by atoms with Gasteiger partial charge in [0, 0.05) is 36.4 Å². The molecule has 7 heteroatoms. The fraction of sp³-hybridized carbons (Fsp3) is 0.645. The summed E-state index contributed by atoms with van der Waals surface area (Å²) in [7, 11) is 1.61. The Kier molecular flexibility index (Phi) is 20.5. The van der Waals surface area contributed by atoms with E-state index in [9.17, 15) is 15.0 Å². The maximum absolute atomic E-state index is 10.5. The Morgan fingerprint density at radius 1 is 1.26 bits per heavy atom. The highest BCUT2D eigenvalue weighted by atomic mass is 16.5. The van der Waals surface area contributed by atoms with E-state index in [1.165, 1.54) is 18.4 Å². The molecule has 0 radical (unpaired) electrons. The molecule has 1 aliphatic heterocycles. The van der Waals surface area contributed by atoms with Gasteiger partial charge in [-0.1, -0.05) is 51.0 Å². The number of hydrogen-bond acceptors (Lipinski definition) is 7. The highest BCUT2D eigenvalue weighted by Crippen LogP contribution is 2.28. The number of allylic oxidation sites excluding steroid dienone is 2. The van der Waals surface area contributed by atoms with Crippen molar-refractivity contribution in [3.05, 3.63) is 47.1 Å². The number of carbonyl (C=O) groups is 1. The molecule has 0 amide bonds. The number of ether oxygens (including phenoxy) is 1. The molecule has 218 valence electrons. The fourth-order valence-electron chi connectivity index (χ4n) is 4.35. The van der Waals surface area contributed by atoms with Crippen LogP contribution in [0.25, 0.3) is 0 Å². The van der Waals surface area contributed by atoms with Gasteiger partial charge in [-0.25, -0.2) is 0 Å². The quantitative estimate of drug-likeness (QED) is 0.197. The number of nitrogens with zero attached hydrogens (tertiary/aromatic N) is 1. The Morgan fingerprint density at radius 3 is 2.42 bits per heavy atom. The molecule has 2 atom stereocenters. The number of rotatable bonds is 13. The van der Waals surface area contributed by atoms with Crippen molar-refractivity contribution in [3.63, 3.8) is 0 Å². The van der Waals surface area contributed by atoms with Crippen molar-refractivity contribution in [1.82, 2.24) is 4.90 Å². The Morgan fingerprint density at radius 2 is 1.92 bits per heavy atom. The molecule has 0 spiro atoms. The standard InChI is InChI=1S/C15H22N2O3.C14H27NO.C2H6/c1-20-15-4-2-3-14(13(15)11-19)16-12-5-7-17(8-6-12)9-10-18;1-5-6-8-11(2)14(13(4)16)10-7-9-12(3)15;1-2/h2-4,10,12,16,19H,5-9,11H2,1H3;7,9,12-13,16H,5-6,8,10,15H2,1-4H3;1-2H3/b;9-7-,14-11-;. The molecule has 38 heavy (non-hydrogen) atoms. The van der Waals surface area contributed by atoms with Gasteiger partial charge < -0.3 is 30.8 Å². The number of methoxy groups -OCH3 is 1. The molecule has 1 heterocycles. The van der Waals surface area contributed by atoms with Crippen LogP contribution >= 0.6 is 0 Å². The van der Waals surface area contributed by atoms with E-state index in [1.807, 2.05) is 52.0 Å². The number of benzene rings is 1. The number of aliphatic hydroxyl groups excluding tert-OH is 2. The van der Waals surface area contributed by atoms with Gasteiger partial charge in [0.15, 0.2) is 0 Å². The second kappa shape index (κ2) is 21.7. The van der Waals surface area contributed by atoms with Gasteiger partial charge in [-0.05, 0) is 70.6 Å². The molecule has 1 aromatic carbocycles. The lowest BCUT2D eigenvalue weighted by Gasteiger charge is -2.32. The summed E-state index contributed by atoms with van der Waals surface area (Å²) in [6.45, 7) is 14.4. The Labute approximate surface area is 232 Å². The fourth-order valence-corrected chi connectivity index (χ4v) is 4.35. The van der Waals surface area contributed by atoms with Crippen LogP contribution in [0.15, 0.2) is 41.5 Å². The third-order valence-corrected chi connectivity index (χ3v) is 6.53. The Bertz CT molecular complexity index is 813. The number of anilines is 1. The first-order valence-corrected chi connectivity index (χ1v) is 14.2. The van der Waals surface area contributed by atoms with Gasteiger partial charge in [0.25, 0.3) is 0 Å². The zero-order valence-corrected chi connectivity index (χ0v) is 25.0. The van der Waals surface area contributed by atoms with Crippen LogP contribution in [0.1, 0.15) is 85.6 Å². The van der Waals surface area contributed by atoms with Gasteiger partial charge in [-0.3, -0.25) is 4.90 Å². The first-order valence-electron chi connectivity index (χ1n) is 14.2. The topological polar surface area (TPSA) is 108 Å². The summed E-state index contributed by atoms with van der Waals surface area (Å²) in [5.74, 6) is 0.705. The van der Waals surface area contributed by atoms with E-state index < -0.39 is 0 Å². The van der Waals surface area contributed by atoms with Crippen molar-refractivity contribution in [2.24, 2.45) is 5.73 Å². The van der Waals surface area contributed by atoms with Crippen LogP contribution < -0.4 is 15.8 Å². The molecule has 0 aromatic heterocycles. The minimum Gasteiger partial charge on any atom is -0.496 e. The van der Waals surface area contributed by atoms with Crippen LogP contribution in [0.5, 0.6) is 5.75 Å². The summed E-state index contributed by atoms with van der Waals surface area (Å²) in [5, 5.41) is 22.7. The van der Waals surface area contributed by atoms with Crippen LogP contribution in [0.3, 0.4) is 0 Å². The van der Waals surface area contributed by atoms with Gasteiger partial charge in [-0.15, -0.1) is 0 Å². The van der Waals surface area contributed by atoms with Crippen LogP contribution in [0, 0.1) is 0 Å². The van der Waals surface area contributed by atoms with Crippen LogP contribution in [-0.2, 0) is 11.4 Å². The molecule has 5 N–H and O–H groups in total. The average Bonchev–Trinajstić information content (AvgIpc) is 2.92. The molecular formula is C31H55N3O4. The van der Waals surface area contributed by atoms with Gasteiger partial charge in [0.2, 0.25) is 0 Å². The molecule has 1 fully saturated rings. The molecule has 1 saturated heterocycles. The first kappa shape index (κ1) is 35.8. The number of aldehydes is 1. The monoisotopic (exact) mass is 533 g/mol. The SMILES string of the molecule is CC.CCCC/C(C)=C(/C/C=C\C(C)N)C(C)O.COc1cccc(NC2CCN(CC=O)CC2)c1CO. The van der Waals surface area contributed by atoms with E-state index in [-0.39, 0.29) is 18.8 Å². The predicted molar refractivity (Wildman–Crippen MR) is 161 cm³/mol. The summed E-state index contributed by atoms with van der Waals surface area (Å²) in [6.07, 6.45) is 10.9. The highest BCUT2D eigenvalue weighted by Gasteiger charge is 2.20. The summed E-state index contributed by atoms with van der Waals surface area (Å²) in [4.78, 5) is 12.7. The van der Waals surface area contributed by atoms with Crippen molar-refractivity contribution < 1.29 is 19.7 Å². The van der Waals surface area contributed by atoms with E-state index in [0.29, 0.717) is 18.3 Å². The minimum atomic E-state index is -0.352. The van der Waals surface area contributed by atoms with Crippen molar-refractivity contribution in [1.29, 1.82) is 0 Å². The molecular weight excluding hydrogens is 478 g/mol. The summed E-state index contributed by atoms with van der Waals surface area (Å²) < 4.78 is 5.27. The maximum atomic E-state index is 10.5. The lowest BCUT2D eigenvalue weighted by Crippen LogP contribution is -2.40. The van der Waals surface area contributed by atoms with E-state index in [1.54, 1.807) is 7.11 Å². The number of nitrogens with two attached hydrogens (primary N) is 1. The molecule has 0 saturated carbocycles. The first-order chi connectivity index (χ1) is 18.3. The number of aliphatic hydroxyl groups is 2. The molecule has 0 aliphatic carbocycles. The van der Waals surface area contributed by atoms with Crippen molar-refractivity contribution in [3.8, 4) is 5.75 Å². The third kappa shape index (κ3) is 14.1. The van der Waals surface area contributed by atoms with E-state index in [4.69, 9.17) is 10.5 Å².